The quantitative estimate of drug-likeness (QED) is 0.456. The van der Waals surface area contributed by atoms with Crippen molar-refractivity contribution in [3.63, 3.8) is 0 Å². The maximum Gasteiger partial charge on any atom is 0.191 e. The van der Waals surface area contributed by atoms with Gasteiger partial charge in [-0.1, -0.05) is 12.1 Å². The summed E-state index contributed by atoms with van der Waals surface area (Å²) in [5.74, 6) is 2.19. The average molecular weight is 417 g/mol. The molecule has 0 aliphatic carbocycles. The van der Waals surface area contributed by atoms with Crippen LogP contribution in [0.4, 0.5) is 5.69 Å². The fourth-order valence-corrected chi connectivity index (χ4v) is 4.30. The summed E-state index contributed by atoms with van der Waals surface area (Å²) in [6, 6.07) is 12.1. The third-order valence-electron chi connectivity index (χ3n) is 5.20. The number of guanidine groups is 1. The Kier molecular flexibility index (Phi) is 7.39. The van der Waals surface area contributed by atoms with E-state index >= 15 is 0 Å². The van der Waals surface area contributed by atoms with Gasteiger partial charge in [0.15, 0.2) is 5.96 Å². The maximum absolute atomic E-state index is 10.7. The first-order valence-corrected chi connectivity index (χ1v) is 11.1. The zero-order valence-electron chi connectivity index (χ0n) is 17.5. The Morgan fingerprint density at radius 1 is 1.34 bits per heavy atom. The van der Waals surface area contributed by atoms with Crippen molar-refractivity contribution in [3.8, 4) is 5.75 Å². The van der Waals surface area contributed by atoms with E-state index in [1.54, 1.807) is 18.4 Å². The molecule has 0 spiro atoms. The average Bonchev–Trinajstić information content (AvgIpc) is 3.43. The van der Waals surface area contributed by atoms with Crippen LogP contribution in [0.3, 0.4) is 0 Å². The fraction of sp³-hybridized carbons (Fsp3) is 0.500. The molecule has 2 unspecified atom stereocenters. The van der Waals surface area contributed by atoms with Crippen molar-refractivity contribution in [3.05, 3.63) is 46.7 Å². The van der Waals surface area contributed by atoms with Crippen molar-refractivity contribution in [2.75, 3.05) is 44.7 Å². The van der Waals surface area contributed by atoms with E-state index in [1.807, 2.05) is 36.6 Å². The van der Waals surface area contributed by atoms with Crippen LogP contribution in [0, 0.1) is 5.92 Å². The summed E-state index contributed by atoms with van der Waals surface area (Å²) in [6.45, 7) is 7.88. The lowest BCUT2D eigenvalue weighted by Crippen LogP contribution is -2.41. The molecule has 0 amide bonds. The predicted octanol–water partition coefficient (Wildman–Crippen LogP) is 3.05. The smallest absolute Gasteiger partial charge is 0.191 e. The first-order chi connectivity index (χ1) is 14.0. The van der Waals surface area contributed by atoms with Crippen molar-refractivity contribution in [2.45, 2.75) is 25.9 Å². The predicted molar refractivity (Wildman–Crippen MR) is 121 cm³/mol. The number of rotatable bonds is 8. The summed E-state index contributed by atoms with van der Waals surface area (Å²) in [5.41, 5.74) is 0.256. The molecule has 158 valence electrons. The molecule has 3 rings (SSSR count). The van der Waals surface area contributed by atoms with E-state index in [0.717, 1.165) is 49.2 Å². The van der Waals surface area contributed by atoms with Crippen LogP contribution in [-0.4, -0.2) is 50.9 Å². The Morgan fingerprint density at radius 2 is 2.21 bits per heavy atom. The van der Waals surface area contributed by atoms with Crippen molar-refractivity contribution < 1.29 is 9.84 Å². The first kappa shape index (κ1) is 21.5. The number of aliphatic imine (C=N–C) groups is 1. The van der Waals surface area contributed by atoms with E-state index < -0.39 is 5.60 Å². The van der Waals surface area contributed by atoms with E-state index in [4.69, 9.17) is 4.74 Å². The molecule has 1 aliphatic rings. The highest BCUT2D eigenvalue weighted by Crippen LogP contribution is 2.27. The molecule has 0 radical (unpaired) electrons. The van der Waals surface area contributed by atoms with Gasteiger partial charge in [-0.25, -0.2) is 4.99 Å². The molecule has 1 aromatic carbocycles. The summed E-state index contributed by atoms with van der Waals surface area (Å²) >= 11 is 1.55. The van der Waals surface area contributed by atoms with Crippen LogP contribution in [0.25, 0.3) is 0 Å². The number of hydrogen-bond acceptors (Lipinski definition) is 5. The van der Waals surface area contributed by atoms with Gasteiger partial charge in [-0.05, 0) is 49.8 Å². The molecule has 2 atom stereocenters. The van der Waals surface area contributed by atoms with Crippen LogP contribution in [0.5, 0.6) is 5.75 Å². The van der Waals surface area contributed by atoms with E-state index in [2.05, 4.69) is 39.6 Å². The lowest BCUT2D eigenvalue weighted by molar-refractivity contribution is 0.0711. The van der Waals surface area contributed by atoms with E-state index in [1.165, 1.54) is 5.69 Å². The van der Waals surface area contributed by atoms with Crippen LogP contribution < -0.4 is 20.3 Å². The largest absolute Gasteiger partial charge is 0.497 e. The SMILES string of the molecule is CCNC(=NCC(C)(O)c1cccs1)NCC1CCN(c2cccc(OC)c2)C1. The minimum absolute atomic E-state index is 0.323. The molecule has 0 saturated carbocycles. The van der Waals surface area contributed by atoms with Gasteiger partial charge in [-0.3, -0.25) is 0 Å². The second-order valence-electron chi connectivity index (χ2n) is 7.63. The molecule has 1 aliphatic heterocycles. The van der Waals surface area contributed by atoms with Gasteiger partial charge in [0, 0.05) is 42.8 Å². The number of nitrogens with one attached hydrogen (secondary N) is 2. The number of anilines is 1. The number of nitrogens with zero attached hydrogens (tertiary/aromatic N) is 2. The van der Waals surface area contributed by atoms with Gasteiger partial charge in [0.25, 0.3) is 0 Å². The van der Waals surface area contributed by atoms with Gasteiger partial charge >= 0.3 is 0 Å². The molecule has 6 nitrogen and oxygen atoms in total. The normalized spacial score (nSPS) is 19.1. The van der Waals surface area contributed by atoms with Crippen molar-refractivity contribution in [1.29, 1.82) is 0 Å². The molecule has 1 fully saturated rings. The minimum Gasteiger partial charge on any atom is -0.497 e. The van der Waals surface area contributed by atoms with Crippen LogP contribution in [0.15, 0.2) is 46.8 Å². The Labute approximate surface area is 177 Å². The summed E-state index contributed by atoms with van der Waals surface area (Å²) < 4.78 is 5.35. The highest BCUT2D eigenvalue weighted by molar-refractivity contribution is 7.10. The van der Waals surface area contributed by atoms with E-state index in [-0.39, 0.29) is 0 Å². The van der Waals surface area contributed by atoms with Gasteiger partial charge in [-0.2, -0.15) is 0 Å². The fourth-order valence-electron chi connectivity index (χ4n) is 3.52. The number of thiophene rings is 1. The second-order valence-corrected chi connectivity index (χ2v) is 8.58. The van der Waals surface area contributed by atoms with E-state index in [0.29, 0.717) is 12.5 Å². The Hall–Kier alpha value is -2.25. The van der Waals surface area contributed by atoms with Gasteiger partial charge in [-0.15, -0.1) is 11.3 Å². The number of aliphatic hydroxyl groups is 1. The lowest BCUT2D eigenvalue weighted by atomic mass is 10.1. The zero-order chi connectivity index (χ0) is 20.7. The van der Waals surface area contributed by atoms with Gasteiger partial charge in [0.2, 0.25) is 0 Å². The highest BCUT2D eigenvalue weighted by Gasteiger charge is 2.25. The molecule has 2 heterocycles. The molecule has 3 N–H and O–H groups in total. The molecule has 29 heavy (non-hydrogen) atoms. The third kappa shape index (κ3) is 5.87. The third-order valence-corrected chi connectivity index (χ3v) is 6.33. The lowest BCUT2D eigenvalue weighted by Gasteiger charge is -2.22. The Balaban J connectivity index is 1.54. The van der Waals surface area contributed by atoms with Crippen LogP contribution in [-0.2, 0) is 5.60 Å². The molecule has 0 bridgehead atoms. The van der Waals surface area contributed by atoms with Gasteiger partial charge in [0.1, 0.15) is 11.4 Å². The molecular formula is C22H32N4O2S. The number of ether oxygens (including phenoxy) is 1. The monoisotopic (exact) mass is 416 g/mol. The van der Waals surface area contributed by atoms with Crippen molar-refractivity contribution >= 4 is 23.0 Å². The molecular weight excluding hydrogens is 384 g/mol. The van der Waals surface area contributed by atoms with Gasteiger partial charge < -0.3 is 25.4 Å². The van der Waals surface area contributed by atoms with E-state index in [9.17, 15) is 5.11 Å². The molecule has 7 heteroatoms. The van der Waals surface area contributed by atoms with Crippen molar-refractivity contribution in [1.82, 2.24) is 10.6 Å². The molecule has 1 saturated heterocycles. The maximum atomic E-state index is 10.7. The van der Waals surface area contributed by atoms with Crippen LogP contribution in [0.1, 0.15) is 25.1 Å². The first-order valence-electron chi connectivity index (χ1n) is 10.2. The standard InChI is InChI=1S/C22H32N4O2S/c1-4-23-21(25-16-22(2,27)20-9-6-12-29-20)24-14-17-10-11-26(15-17)18-7-5-8-19(13-18)28-3/h5-9,12-13,17,27H,4,10-11,14-16H2,1-3H3,(H2,23,24,25). The van der Waals surface area contributed by atoms with Crippen molar-refractivity contribution in [2.24, 2.45) is 10.9 Å². The summed E-state index contributed by atoms with van der Waals surface area (Å²) in [5, 5.41) is 19.4. The minimum atomic E-state index is -0.951. The molecule has 2 aromatic rings. The highest BCUT2D eigenvalue weighted by atomic mass is 32.1. The van der Waals surface area contributed by atoms with Crippen LogP contribution in [0.2, 0.25) is 0 Å². The second kappa shape index (κ2) is 9.98. The Bertz CT molecular complexity index is 792. The number of benzene rings is 1. The molecule has 1 aromatic heterocycles. The topological polar surface area (TPSA) is 69.1 Å². The number of methoxy groups -OCH3 is 1. The van der Waals surface area contributed by atoms with Gasteiger partial charge in [0.05, 0.1) is 13.7 Å². The summed E-state index contributed by atoms with van der Waals surface area (Å²) in [7, 11) is 1.70. The number of hydrogen-bond donors (Lipinski definition) is 3. The summed E-state index contributed by atoms with van der Waals surface area (Å²) in [6.07, 6.45) is 1.14. The Morgan fingerprint density at radius 3 is 2.93 bits per heavy atom. The summed E-state index contributed by atoms with van der Waals surface area (Å²) in [4.78, 5) is 7.96. The van der Waals surface area contributed by atoms with Crippen LogP contribution >= 0.6 is 11.3 Å². The zero-order valence-corrected chi connectivity index (χ0v) is 18.3.